The van der Waals surface area contributed by atoms with E-state index in [1.165, 1.54) is 0 Å². The van der Waals surface area contributed by atoms with Gasteiger partial charge in [0.15, 0.2) is 0 Å². The van der Waals surface area contributed by atoms with Crippen molar-refractivity contribution in [2.75, 3.05) is 11.1 Å². The Morgan fingerprint density at radius 1 is 1.03 bits per heavy atom. The molecule has 0 heterocycles. The maximum Gasteiger partial charge on any atom is 0.408 e. The molecule has 0 saturated heterocycles. The number of aryl methyl sites for hydroxylation is 4. The molecule has 2 N–H and O–H groups in total. The van der Waals surface area contributed by atoms with Crippen LogP contribution in [0.1, 0.15) is 73.9 Å². The summed E-state index contributed by atoms with van der Waals surface area (Å²) in [4.78, 5) is 42.5. The molecule has 8 heteroatoms. The first-order valence-electron chi connectivity index (χ1n) is 13.2. The molecule has 0 spiro atoms. The molecule has 1 saturated carbocycles. The highest BCUT2D eigenvalue weighted by molar-refractivity contribution is 7.80. The number of anilines is 1. The number of carbonyl (C=O) groups is 3. The first-order chi connectivity index (χ1) is 17.8. The molecule has 3 rings (SSSR count). The van der Waals surface area contributed by atoms with E-state index >= 15 is 0 Å². The summed E-state index contributed by atoms with van der Waals surface area (Å²) in [5.74, 6) is -0.568. The maximum absolute atomic E-state index is 14.1. The van der Waals surface area contributed by atoms with E-state index in [4.69, 9.17) is 4.74 Å². The highest BCUT2D eigenvalue weighted by Gasteiger charge is 2.42. The zero-order valence-corrected chi connectivity index (χ0v) is 24.4. The molecule has 1 aliphatic carbocycles. The van der Waals surface area contributed by atoms with Crippen LogP contribution in [0, 0.1) is 27.7 Å². The normalized spacial score (nSPS) is 15.2. The van der Waals surface area contributed by atoms with Gasteiger partial charge < -0.3 is 20.3 Å². The standard InChI is InChI=1S/C30H41N3O4S/c1-18-14-15-23(21(4)16-18)26(27(34)32-25-19(2)10-8-11-20(25)3)33(22-12-9-13-22)28(35)24(17-38)31-29(36)37-30(5,6)7/h8,10-11,14-16,22,24,26,38H,9,12-13,17H2,1-7H3,(H,31,36)(H,32,34). The van der Waals surface area contributed by atoms with Crippen LogP contribution in [0.3, 0.4) is 0 Å². The van der Waals surface area contributed by atoms with Crippen molar-refractivity contribution in [1.29, 1.82) is 0 Å². The fourth-order valence-corrected chi connectivity index (χ4v) is 5.00. The number of nitrogens with zero attached hydrogens (tertiary/aromatic N) is 1. The molecule has 0 bridgehead atoms. The number of para-hydroxylation sites is 1. The van der Waals surface area contributed by atoms with Crippen LogP contribution in [0.4, 0.5) is 10.5 Å². The van der Waals surface area contributed by atoms with Gasteiger partial charge in [0.1, 0.15) is 17.7 Å². The van der Waals surface area contributed by atoms with Gasteiger partial charge in [0.05, 0.1) is 0 Å². The third kappa shape index (κ3) is 7.10. The summed E-state index contributed by atoms with van der Waals surface area (Å²) in [6.07, 6.45) is 1.85. The van der Waals surface area contributed by atoms with E-state index in [1.807, 2.05) is 64.1 Å². The van der Waals surface area contributed by atoms with Crippen LogP contribution in [-0.2, 0) is 14.3 Å². The number of thiol groups is 1. The highest BCUT2D eigenvalue weighted by atomic mass is 32.1. The largest absolute Gasteiger partial charge is 0.444 e. The van der Waals surface area contributed by atoms with Crippen molar-refractivity contribution in [2.45, 2.75) is 91.5 Å². The van der Waals surface area contributed by atoms with Gasteiger partial charge in [0.25, 0.3) is 5.91 Å². The lowest BCUT2D eigenvalue weighted by Gasteiger charge is -2.44. The molecule has 1 aliphatic rings. The molecular formula is C30H41N3O4S. The van der Waals surface area contributed by atoms with Crippen LogP contribution in [0.25, 0.3) is 0 Å². The molecule has 2 atom stereocenters. The molecule has 0 aliphatic heterocycles. The van der Waals surface area contributed by atoms with Crippen molar-refractivity contribution in [2.24, 2.45) is 0 Å². The fourth-order valence-electron chi connectivity index (χ4n) is 4.75. The fraction of sp³-hybridized carbons (Fsp3) is 0.500. The number of nitrogens with one attached hydrogen (secondary N) is 2. The molecule has 3 amide bonds. The number of hydrogen-bond acceptors (Lipinski definition) is 5. The maximum atomic E-state index is 14.1. The molecule has 0 aromatic heterocycles. The Bertz CT molecular complexity index is 1170. The number of amides is 3. The Morgan fingerprint density at radius 3 is 2.16 bits per heavy atom. The number of benzene rings is 2. The van der Waals surface area contributed by atoms with Gasteiger partial charge in [-0.05, 0) is 90.0 Å². The first kappa shape index (κ1) is 29.6. The lowest BCUT2D eigenvalue weighted by molar-refractivity contribution is -0.145. The van der Waals surface area contributed by atoms with Crippen LogP contribution in [0.2, 0.25) is 0 Å². The minimum Gasteiger partial charge on any atom is -0.444 e. The van der Waals surface area contributed by atoms with Crippen LogP contribution >= 0.6 is 12.6 Å². The average molecular weight is 540 g/mol. The number of alkyl carbamates (subject to hydrolysis) is 1. The second-order valence-corrected chi connectivity index (χ2v) is 11.6. The quantitative estimate of drug-likeness (QED) is 0.370. The van der Waals surface area contributed by atoms with Crippen molar-refractivity contribution in [3.05, 3.63) is 64.2 Å². The summed E-state index contributed by atoms with van der Waals surface area (Å²) < 4.78 is 5.40. The Balaban J connectivity index is 2.05. The van der Waals surface area contributed by atoms with E-state index in [2.05, 4.69) is 23.3 Å². The molecule has 0 radical (unpaired) electrons. The zero-order chi connectivity index (χ0) is 28.2. The second-order valence-electron chi connectivity index (χ2n) is 11.2. The van der Waals surface area contributed by atoms with E-state index in [0.717, 1.165) is 52.8 Å². The van der Waals surface area contributed by atoms with Crippen molar-refractivity contribution >= 4 is 36.2 Å². The molecule has 206 valence electrons. The van der Waals surface area contributed by atoms with Gasteiger partial charge in [-0.15, -0.1) is 0 Å². The monoisotopic (exact) mass is 539 g/mol. The van der Waals surface area contributed by atoms with E-state index in [0.29, 0.717) is 0 Å². The summed E-state index contributed by atoms with van der Waals surface area (Å²) in [5.41, 5.74) is 4.67. The zero-order valence-electron chi connectivity index (χ0n) is 23.6. The number of carbonyl (C=O) groups excluding carboxylic acids is 3. The summed E-state index contributed by atoms with van der Waals surface area (Å²) >= 11 is 4.38. The smallest absolute Gasteiger partial charge is 0.408 e. The summed E-state index contributed by atoms with van der Waals surface area (Å²) in [7, 11) is 0. The Kier molecular flexibility index (Phi) is 9.52. The molecule has 2 aromatic carbocycles. The first-order valence-corrected chi connectivity index (χ1v) is 13.8. The van der Waals surface area contributed by atoms with Gasteiger partial charge in [-0.3, -0.25) is 9.59 Å². The number of ether oxygens (including phenoxy) is 1. The van der Waals surface area contributed by atoms with Crippen molar-refractivity contribution in [3.8, 4) is 0 Å². The highest BCUT2D eigenvalue weighted by Crippen LogP contribution is 2.36. The summed E-state index contributed by atoms with van der Waals surface area (Å²) in [5, 5.41) is 5.81. The number of rotatable bonds is 8. The van der Waals surface area contributed by atoms with E-state index in [9.17, 15) is 14.4 Å². The molecule has 7 nitrogen and oxygen atoms in total. The van der Waals surface area contributed by atoms with Crippen molar-refractivity contribution in [1.82, 2.24) is 10.2 Å². The average Bonchev–Trinajstić information content (AvgIpc) is 2.78. The van der Waals surface area contributed by atoms with Gasteiger partial charge in [-0.25, -0.2) is 4.79 Å². The molecule has 1 fully saturated rings. The van der Waals surface area contributed by atoms with Gasteiger partial charge in [-0.1, -0.05) is 42.0 Å². The molecule has 38 heavy (non-hydrogen) atoms. The van der Waals surface area contributed by atoms with E-state index < -0.39 is 23.8 Å². The SMILES string of the molecule is Cc1ccc(C(C(=O)Nc2c(C)cccc2C)N(C(=O)C(CS)NC(=O)OC(C)(C)C)C2CCC2)c(C)c1. The minimum atomic E-state index is -0.949. The predicted molar refractivity (Wildman–Crippen MR) is 155 cm³/mol. The van der Waals surface area contributed by atoms with Gasteiger partial charge >= 0.3 is 6.09 Å². The van der Waals surface area contributed by atoms with Gasteiger partial charge in [0.2, 0.25) is 5.91 Å². The lowest BCUT2D eigenvalue weighted by Crippen LogP contribution is -2.57. The van der Waals surface area contributed by atoms with Crippen molar-refractivity contribution in [3.63, 3.8) is 0 Å². The predicted octanol–water partition coefficient (Wildman–Crippen LogP) is 5.80. The molecule has 2 aromatic rings. The Labute approximate surface area is 232 Å². The van der Waals surface area contributed by atoms with Crippen LogP contribution in [0.15, 0.2) is 36.4 Å². The van der Waals surface area contributed by atoms with Crippen molar-refractivity contribution < 1.29 is 19.1 Å². The third-order valence-corrected chi connectivity index (χ3v) is 7.24. The lowest BCUT2D eigenvalue weighted by atomic mass is 9.87. The van der Waals surface area contributed by atoms with E-state index in [-0.39, 0.29) is 23.6 Å². The van der Waals surface area contributed by atoms with Gasteiger partial charge in [0, 0.05) is 17.5 Å². The van der Waals surface area contributed by atoms with Crippen LogP contribution in [0.5, 0.6) is 0 Å². The Morgan fingerprint density at radius 2 is 1.66 bits per heavy atom. The van der Waals surface area contributed by atoms with Gasteiger partial charge in [-0.2, -0.15) is 12.6 Å². The molecule has 2 unspecified atom stereocenters. The Hall–Kier alpha value is -3.00. The number of hydrogen-bond donors (Lipinski definition) is 3. The third-order valence-electron chi connectivity index (χ3n) is 6.87. The summed E-state index contributed by atoms with van der Waals surface area (Å²) in [6, 6.07) is 9.80. The second kappa shape index (κ2) is 12.2. The molecular weight excluding hydrogens is 498 g/mol. The minimum absolute atomic E-state index is 0.0689. The van der Waals surface area contributed by atoms with Crippen LogP contribution < -0.4 is 10.6 Å². The topological polar surface area (TPSA) is 87.7 Å². The summed E-state index contributed by atoms with van der Waals surface area (Å²) in [6.45, 7) is 13.1. The van der Waals surface area contributed by atoms with Crippen LogP contribution in [-0.4, -0.2) is 46.2 Å². The van der Waals surface area contributed by atoms with E-state index in [1.54, 1.807) is 25.7 Å².